The molecule has 2 aromatic rings. The van der Waals surface area contributed by atoms with E-state index in [1.807, 2.05) is 0 Å². The van der Waals surface area contributed by atoms with E-state index in [0.29, 0.717) is 0 Å². The van der Waals surface area contributed by atoms with Crippen LogP contribution in [0, 0.1) is 6.92 Å². The van der Waals surface area contributed by atoms with E-state index in [0.717, 1.165) is 6.54 Å². The number of hydrogen-bond acceptors (Lipinski definition) is 0. The lowest BCUT2D eigenvalue weighted by Gasteiger charge is -2.02. The summed E-state index contributed by atoms with van der Waals surface area (Å²) < 4.78 is 2.26. The molecule has 0 aliphatic heterocycles. The number of benzene rings is 1. The first-order chi connectivity index (χ1) is 10.8. The van der Waals surface area contributed by atoms with Crippen molar-refractivity contribution < 1.29 is 4.57 Å². The van der Waals surface area contributed by atoms with Crippen LogP contribution in [0.2, 0.25) is 0 Å². The average Bonchev–Trinajstić information content (AvgIpc) is 2.54. The molecule has 1 heteroatoms. The second kappa shape index (κ2) is 9.40. The predicted octanol–water partition coefficient (Wildman–Crippen LogP) is 5.23. The van der Waals surface area contributed by atoms with Crippen molar-refractivity contribution in [2.45, 2.75) is 65.3 Å². The van der Waals surface area contributed by atoms with E-state index < -0.39 is 0 Å². The molecule has 118 valence electrons. The molecule has 1 aromatic heterocycles. The van der Waals surface area contributed by atoms with E-state index >= 15 is 0 Å². The molecule has 22 heavy (non-hydrogen) atoms. The van der Waals surface area contributed by atoms with Gasteiger partial charge in [-0.2, -0.15) is 0 Å². The minimum Gasteiger partial charge on any atom is -0.201 e. The van der Waals surface area contributed by atoms with Gasteiger partial charge in [0.05, 0.1) is 0 Å². The summed E-state index contributed by atoms with van der Waals surface area (Å²) in [7, 11) is 0. The highest BCUT2D eigenvalue weighted by Gasteiger charge is 2.03. The molecule has 0 unspecified atom stereocenters. The van der Waals surface area contributed by atoms with Gasteiger partial charge in [0.2, 0.25) is 0 Å². The normalized spacial score (nSPS) is 10.8. The molecule has 0 amide bonds. The predicted molar refractivity (Wildman–Crippen MR) is 94.0 cm³/mol. The molecule has 0 spiro atoms. The molecular formula is C21H30N+. The van der Waals surface area contributed by atoms with E-state index in [-0.39, 0.29) is 0 Å². The Balaban J connectivity index is 1.74. The number of aromatic nitrogens is 1. The molecular weight excluding hydrogens is 266 g/mol. The molecule has 0 aliphatic carbocycles. The lowest BCUT2D eigenvalue weighted by molar-refractivity contribution is -0.688. The van der Waals surface area contributed by atoms with Gasteiger partial charge in [0.1, 0.15) is 0 Å². The summed E-state index contributed by atoms with van der Waals surface area (Å²) in [6.45, 7) is 5.36. The third-order valence-electron chi connectivity index (χ3n) is 4.26. The summed E-state index contributed by atoms with van der Waals surface area (Å²) in [5.74, 6) is 0. The largest absolute Gasteiger partial charge is 0.201 e. The molecule has 0 radical (unpaired) electrons. The minimum atomic E-state index is 0.956. The maximum Gasteiger partial charge on any atom is 0.173 e. The topological polar surface area (TPSA) is 3.88 Å². The van der Waals surface area contributed by atoms with Crippen LogP contribution >= 0.6 is 0 Å². The lowest BCUT2D eigenvalue weighted by atomic mass is 10.1. The van der Waals surface area contributed by atoms with E-state index in [9.17, 15) is 0 Å². The Kier molecular flexibility index (Phi) is 7.15. The number of unbranched alkanes of at least 4 members (excludes halogenated alkanes) is 5. The lowest BCUT2D eigenvalue weighted by Crippen LogP contribution is -2.33. The van der Waals surface area contributed by atoms with Crippen molar-refractivity contribution in [1.82, 2.24) is 0 Å². The van der Waals surface area contributed by atoms with E-state index in [2.05, 4.69) is 67.2 Å². The van der Waals surface area contributed by atoms with E-state index in [1.54, 1.807) is 0 Å². The summed E-state index contributed by atoms with van der Waals surface area (Å²) in [6.07, 6.45) is 13.9. The summed E-state index contributed by atoms with van der Waals surface area (Å²) in [5.41, 5.74) is 4.15. The summed E-state index contributed by atoms with van der Waals surface area (Å²) in [6, 6.07) is 13.4. The standard InChI is InChI=1S/C21H30N/c1-3-4-5-6-7-8-9-20-14-16-22(17-15-20)18-21-12-10-19(2)11-13-21/h10-17H,3-9,18H2,1-2H3/q+1. The smallest absolute Gasteiger partial charge is 0.173 e. The number of nitrogens with zero attached hydrogens (tertiary/aromatic N) is 1. The van der Waals surface area contributed by atoms with Gasteiger partial charge in [0, 0.05) is 17.7 Å². The Morgan fingerprint density at radius 3 is 2.05 bits per heavy atom. The molecule has 0 saturated heterocycles. The third-order valence-corrected chi connectivity index (χ3v) is 4.26. The first kappa shape index (κ1) is 16.7. The highest BCUT2D eigenvalue weighted by molar-refractivity contribution is 5.20. The van der Waals surface area contributed by atoms with Crippen LogP contribution in [0.25, 0.3) is 0 Å². The molecule has 0 N–H and O–H groups in total. The maximum absolute atomic E-state index is 2.28. The molecule has 0 aliphatic rings. The van der Waals surface area contributed by atoms with Gasteiger partial charge in [-0.3, -0.25) is 0 Å². The van der Waals surface area contributed by atoms with Gasteiger partial charge in [-0.25, -0.2) is 4.57 Å². The minimum absolute atomic E-state index is 0.956. The van der Waals surface area contributed by atoms with Crippen LogP contribution in [0.3, 0.4) is 0 Å². The van der Waals surface area contributed by atoms with Gasteiger partial charge >= 0.3 is 0 Å². The van der Waals surface area contributed by atoms with Gasteiger partial charge in [-0.15, -0.1) is 0 Å². The quantitative estimate of drug-likeness (QED) is 0.440. The highest BCUT2D eigenvalue weighted by Crippen LogP contribution is 2.09. The molecule has 0 saturated carbocycles. The van der Waals surface area contributed by atoms with Gasteiger partial charge in [-0.1, -0.05) is 68.9 Å². The Morgan fingerprint density at radius 1 is 0.727 bits per heavy atom. The monoisotopic (exact) mass is 296 g/mol. The first-order valence-corrected chi connectivity index (χ1v) is 8.81. The van der Waals surface area contributed by atoms with Gasteiger partial charge < -0.3 is 0 Å². The summed E-state index contributed by atoms with van der Waals surface area (Å²) in [4.78, 5) is 0. The second-order valence-electron chi connectivity index (χ2n) is 6.38. The second-order valence-corrected chi connectivity index (χ2v) is 6.38. The zero-order chi connectivity index (χ0) is 15.6. The highest BCUT2D eigenvalue weighted by atomic mass is 14.9. The molecule has 0 atom stereocenters. The fraction of sp³-hybridized carbons (Fsp3) is 0.476. The van der Waals surface area contributed by atoms with Gasteiger partial charge in [-0.05, 0) is 25.3 Å². The van der Waals surface area contributed by atoms with Crippen molar-refractivity contribution in [3.05, 3.63) is 65.5 Å². The van der Waals surface area contributed by atoms with Gasteiger partial charge in [0.15, 0.2) is 18.9 Å². The number of rotatable bonds is 9. The fourth-order valence-corrected chi connectivity index (χ4v) is 2.77. The number of pyridine rings is 1. The molecule has 1 heterocycles. The maximum atomic E-state index is 2.28. The van der Waals surface area contributed by atoms with Crippen molar-refractivity contribution in [2.24, 2.45) is 0 Å². The van der Waals surface area contributed by atoms with Crippen molar-refractivity contribution in [3.8, 4) is 0 Å². The first-order valence-electron chi connectivity index (χ1n) is 8.81. The van der Waals surface area contributed by atoms with Crippen molar-refractivity contribution >= 4 is 0 Å². The summed E-state index contributed by atoms with van der Waals surface area (Å²) >= 11 is 0. The summed E-state index contributed by atoms with van der Waals surface area (Å²) in [5, 5.41) is 0. The zero-order valence-corrected chi connectivity index (χ0v) is 14.2. The van der Waals surface area contributed by atoms with Crippen LogP contribution in [0.1, 0.15) is 62.1 Å². The number of hydrogen-bond donors (Lipinski definition) is 0. The molecule has 0 bridgehead atoms. The SMILES string of the molecule is CCCCCCCCc1cc[n+](Cc2ccc(C)cc2)cc1. The number of aryl methyl sites for hydroxylation is 2. The van der Waals surface area contributed by atoms with Crippen LogP contribution in [0.5, 0.6) is 0 Å². The molecule has 0 fully saturated rings. The Morgan fingerprint density at radius 2 is 1.36 bits per heavy atom. The third kappa shape index (κ3) is 6.01. The van der Waals surface area contributed by atoms with Crippen molar-refractivity contribution in [1.29, 1.82) is 0 Å². The van der Waals surface area contributed by atoms with Crippen LogP contribution < -0.4 is 4.57 Å². The Labute approximate surface area is 136 Å². The average molecular weight is 296 g/mol. The van der Waals surface area contributed by atoms with Crippen LogP contribution in [0.15, 0.2) is 48.8 Å². The zero-order valence-electron chi connectivity index (χ0n) is 14.2. The van der Waals surface area contributed by atoms with Crippen LogP contribution in [-0.4, -0.2) is 0 Å². The van der Waals surface area contributed by atoms with Gasteiger partial charge in [0.25, 0.3) is 0 Å². The molecule has 1 nitrogen and oxygen atoms in total. The fourth-order valence-electron chi connectivity index (χ4n) is 2.77. The molecule has 2 rings (SSSR count). The van der Waals surface area contributed by atoms with Crippen molar-refractivity contribution in [3.63, 3.8) is 0 Å². The van der Waals surface area contributed by atoms with Crippen LogP contribution in [0.4, 0.5) is 0 Å². The molecule has 1 aromatic carbocycles. The Bertz CT molecular complexity index is 525. The van der Waals surface area contributed by atoms with Crippen LogP contribution in [-0.2, 0) is 13.0 Å². The van der Waals surface area contributed by atoms with E-state index in [4.69, 9.17) is 0 Å². The van der Waals surface area contributed by atoms with Crippen molar-refractivity contribution in [2.75, 3.05) is 0 Å². The Hall–Kier alpha value is -1.63. The van der Waals surface area contributed by atoms with E-state index in [1.165, 1.54) is 61.6 Å².